The normalized spacial score (nSPS) is 18.6. The summed E-state index contributed by atoms with van der Waals surface area (Å²) in [6, 6.07) is 0.845. The molecule has 4 nitrogen and oxygen atoms in total. The van der Waals surface area contributed by atoms with Gasteiger partial charge in [-0.05, 0) is 46.3 Å². The molecule has 1 amide bonds. The van der Waals surface area contributed by atoms with Gasteiger partial charge in [0.1, 0.15) is 0 Å². The zero-order chi connectivity index (χ0) is 12.0. The lowest BCUT2D eigenvalue weighted by Crippen LogP contribution is -2.46. The average Bonchev–Trinajstić information content (AvgIpc) is 2.29. The number of likely N-dealkylation sites (N-methyl/N-ethyl adjacent to an activating group) is 1. The van der Waals surface area contributed by atoms with E-state index in [4.69, 9.17) is 0 Å². The third-order valence-electron chi connectivity index (χ3n) is 3.34. The SMILES string of the molecule is CCC(C)NC(=O)CN(C)C1CCNCC1.Cl. The molecule has 1 rings (SSSR count). The van der Waals surface area contributed by atoms with Crippen LogP contribution in [0.15, 0.2) is 0 Å². The Morgan fingerprint density at radius 3 is 2.59 bits per heavy atom. The van der Waals surface area contributed by atoms with Crippen LogP contribution in [0.25, 0.3) is 0 Å². The Kier molecular flexibility index (Phi) is 8.56. The van der Waals surface area contributed by atoms with Gasteiger partial charge in [-0.1, -0.05) is 6.92 Å². The van der Waals surface area contributed by atoms with Crippen molar-refractivity contribution in [1.82, 2.24) is 15.5 Å². The molecule has 0 aromatic heterocycles. The Bertz CT molecular complexity index is 220. The second-order valence-electron chi connectivity index (χ2n) is 4.77. The molecule has 1 fully saturated rings. The van der Waals surface area contributed by atoms with E-state index < -0.39 is 0 Å². The first kappa shape index (κ1) is 16.7. The third-order valence-corrected chi connectivity index (χ3v) is 3.34. The van der Waals surface area contributed by atoms with Gasteiger partial charge in [-0.15, -0.1) is 12.4 Å². The molecule has 1 atom stereocenters. The second-order valence-corrected chi connectivity index (χ2v) is 4.77. The predicted octanol–water partition coefficient (Wildman–Crippen LogP) is 1.01. The first-order valence-electron chi connectivity index (χ1n) is 6.33. The first-order chi connectivity index (χ1) is 7.63. The molecular formula is C12H26ClN3O. The standard InChI is InChI=1S/C12H25N3O.ClH/c1-4-10(2)14-12(16)9-15(3)11-5-7-13-8-6-11;/h10-11,13H,4-9H2,1-3H3,(H,14,16);1H. The Hall–Kier alpha value is -0.320. The molecule has 0 aromatic carbocycles. The first-order valence-corrected chi connectivity index (χ1v) is 6.33. The lowest BCUT2D eigenvalue weighted by Gasteiger charge is -2.31. The number of carbonyl (C=O) groups excluding carboxylic acids is 1. The summed E-state index contributed by atoms with van der Waals surface area (Å²) in [4.78, 5) is 13.9. The molecule has 1 heterocycles. The van der Waals surface area contributed by atoms with Gasteiger partial charge in [0.05, 0.1) is 6.54 Å². The van der Waals surface area contributed by atoms with Crippen LogP contribution in [0.2, 0.25) is 0 Å². The molecule has 17 heavy (non-hydrogen) atoms. The van der Waals surface area contributed by atoms with Crippen molar-refractivity contribution >= 4 is 18.3 Å². The number of hydrogen-bond acceptors (Lipinski definition) is 3. The molecular weight excluding hydrogens is 238 g/mol. The van der Waals surface area contributed by atoms with Crippen LogP contribution in [-0.4, -0.2) is 49.6 Å². The van der Waals surface area contributed by atoms with Gasteiger partial charge in [-0.2, -0.15) is 0 Å². The molecule has 1 unspecified atom stereocenters. The number of carbonyl (C=O) groups is 1. The number of rotatable bonds is 5. The van der Waals surface area contributed by atoms with Gasteiger partial charge >= 0.3 is 0 Å². The van der Waals surface area contributed by atoms with Crippen LogP contribution in [0, 0.1) is 0 Å². The minimum Gasteiger partial charge on any atom is -0.353 e. The van der Waals surface area contributed by atoms with Crippen LogP contribution in [0.1, 0.15) is 33.1 Å². The number of piperidine rings is 1. The second kappa shape index (κ2) is 8.72. The predicted molar refractivity (Wildman–Crippen MR) is 73.7 cm³/mol. The number of halogens is 1. The highest BCUT2D eigenvalue weighted by Crippen LogP contribution is 2.09. The van der Waals surface area contributed by atoms with E-state index in [2.05, 4.69) is 22.5 Å². The molecule has 0 radical (unpaired) electrons. The molecule has 0 spiro atoms. The van der Waals surface area contributed by atoms with Crippen molar-refractivity contribution < 1.29 is 4.79 Å². The van der Waals surface area contributed by atoms with Crippen molar-refractivity contribution in [3.05, 3.63) is 0 Å². The van der Waals surface area contributed by atoms with Crippen LogP contribution in [0.3, 0.4) is 0 Å². The van der Waals surface area contributed by atoms with E-state index in [-0.39, 0.29) is 24.4 Å². The summed E-state index contributed by atoms with van der Waals surface area (Å²) in [6.07, 6.45) is 3.28. The molecule has 5 heteroatoms. The monoisotopic (exact) mass is 263 g/mol. The summed E-state index contributed by atoms with van der Waals surface area (Å²) >= 11 is 0. The molecule has 102 valence electrons. The van der Waals surface area contributed by atoms with E-state index in [1.54, 1.807) is 0 Å². The van der Waals surface area contributed by atoms with Crippen molar-refractivity contribution in [2.24, 2.45) is 0 Å². The van der Waals surface area contributed by atoms with Gasteiger partial charge in [-0.25, -0.2) is 0 Å². The minimum atomic E-state index is 0. The molecule has 2 N–H and O–H groups in total. The number of hydrogen-bond donors (Lipinski definition) is 2. The maximum Gasteiger partial charge on any atom is 0.234 e. The zero-order valence-corrected chi connectivity index (χ0v) is 12.0. The summed E-state index contributed by atoms with van der Waals surface area (Å²) in [6.45, 7) is 6.79. The molecule has 0 aliphatic carbocycles. The summed E-state index contributed by atoms with van der Waals surface area (Å²) in [5, 5.41) is 6.34. The highest BCUT2D eigenvalue weighted by Gasteiger charge is 2.19. The maximum atomic E-state index is 11.7. The van der Waals surface area contributed by atoms with Crippen LogP contribution < -0.4 is 10.6 Å². The topological polar surface area (TPSA) is 44.4 Å². The molecule has 0 aromatic rings. The van der Waals surface area contributed by atoms with Crippen molar-refractivity contribution in [2.75, 3.05) is 26.7 Å². The fourth-order valence-corrected chi connectivity index (χ4v) is 2.03. The van der Waals surface area contributed by atoms with E-state index >= 15 is 0 Å². The van der Waals surface area contributed by atoms with Gasteiger partial charge in [-0.3, -0.25) is 9.69 Å². The van der Waals surface area contributed by atoms with Crippen molar-refractivity contribution in [2.45, 2.75) is 45.2 Å². The van der Waals surface area contributed by atoms with Crippen LogP contribution in [-0.2, 0) is 4.79 Å². The molecule has 0 saturated carbocycles. The van der Waals surface area contributed by atoms with Crippen molar-refractivity contribution in [1.29, 1.82) is 0 Å². The van der Waals surface area contributed by atoms with Gasteiger partial charge in [0.2, 0.25) is 5.91 Å². The van der Waals surface area contributed by atoms with Gasteiger partial charge in [0.25, 0.3) is 0 Å². The third kappa shape index (κ3) is 6.24. The van der Waals surface area contributed by atoms with Gasteiger partial charge in [0, 0.05) is 12.1 Å². The van der Waals surface area contributed by atoms with Crippen molar-refractivity contribution in [3.63, 3.8) is 0 Å². The molecule has 0 bridgehead atoms. The van der Waals surface area contributed by atoms with E-state index in [0.717, 1.165) is 32.4 Å². The van der Waals surface area contributed by atoms with Crippen molar-refractivity contribution in [3.8, 4) is 0 Å². The highest BCUT2D eigenvalue weighted by atomic mass is 35.5. The van der Waals surface area contributed by atoms with Crippen LogP contribution in [0.5, 0.6) is 0 Å². The zero-order valence-electron chi connectivity index (χ0n) is 11.2. The smallest absolute Gasteiger partial charge is 0.234 e. The number of nitrogens with zero attached hydrogens (tertiary/aromatic N) is 1. The summed E-state index contributed by atoms with van der Waals surface area (Å²) in [5.41, 5.74) is 0. The molecule has 1 aliphatic heterocycles. The number of amides is 1. The van der Waals surface area contributed by atoms with E-state index in [0.29, 0.717) is 12.6 Å². The molecule has 1 aliphatic rings. The van der Waals surface area contributed by atoms with Crippen LogP contribution in [0.4, 0.5) is 0 Å². The summed E-state index contributed by atoms with van der Waals surface area (Å²) in [5.74, 6) is 0.149. The Labute approximate surface area is 111 Å². The maximum absolute atomic E-state index is 11.7. The summed E-state index contributed by atoms with van der Waals surface area (Å²) in [7, 11) is 2.05. The Morgan fingerprint density at radius 1 is 1.47 bits per heavy atom. The largest absolute Gasteiger partial charge is 0.353 e. The Balaban J connectivity index is 0.00000256. The van der Waals surface area contributed by atoms with Gasteiger partial charge in [0.15, 0.2) is 0 Å². The van der Waals surface area contributed by atoms with Gasteiger partial charge < -0.3 is 10.6 Å². The fraction of sp³-hybridized carbons (Fsp3) is 0.917. The van der Waals surface area contributed by atoms with E-state index in [9.17, 15) is 4.79 Å². The summed E-state index contributed by atoms with van der Waals surface area (Å²) < 4.78 is 0. The lowest BCUT2D eigenvalue weighted by atomic mass is 10.1. The van der Waals surface area contributed by atoms with Crippen LogP contribution >= 0.6 is 12.4 Å². The minimum absolute atomic E-state index is 0. The van der Waals surface area contributed by atoms with E-state index in [1.165, 1.54) is 0 Å². The van der Waals surface area contributed by atoms with E-state index in [1.807, 2.05) is 14.0 Å². The quantitative estimate of drug-likeness (QED) is 0.778. The Morgan fingerprint density at radius 2 is 2.06 bits per heavy atom. The number of nitrogens with one attached hydrogen (secondary N) is 2. The average molecular weight is 264 g/mol. The lowest BCUT2D eigenvalue weighted by molar-refractivity contribution is -0.123. The highest BCUT2D eigenvalue weighted by molar-refractivity contribution is 5.85. The molecule has 1 saturated heterocycles. The fourth-order valence-electron chi connectivity index (χ4n) is 2.03.